The summed E-state index contributed by atoms with van der Waals surface area (Å²) in [5, 5.41) is 0. The maximum Gasteiger partial charge on any atom is 4.00 e. The van der Waals surface area contributed by atoms with Gasteiger partial charge in [0.1, 0.15) is 0 Å². The van der Waals surface area contributed by atoms with E-state index in [-0.39, 0.29) is 51.0 Å². The number of fused-ring (bicyclic) bond motifs is 3. The molecular weight excluding hydrogens is 478 g/mol. The number of hydrogen-bond donors (Lipinski definition) is 0. The second-order valence-electron chi connectivity index (χ2n) is 5.81. The quantitative estimate of drug-likeness (QED) is 0.322. The van der Waals surface area contributed by atoms with E-state index >= 15 is 0 Å². The van der Waals surface area contributed by atoms with E-state index in [2.05, 4.69) is 74.5 Å². The first-order valence-electron chi connectivity index (χ1n) is 9.31. The van der Waals surface area contributed by atoms with Crippen LogP contribution in [0, 0.1) is 18.1 Å². The molecule has 0 bridgehead atoms. The van der Waals surface area contributed by atoms with Gasteiger partial charge in [0.15, 0.2) is 0 Å². The maximum atomic E-state index is 3.30. The fourth-order valence-corrected chi connectivity index (χ4v) is 2.81. The number of allylic oxidation sites excluding steroid dienone is 4. The van der Waals surface area contributed by atoms with E-state index in [4.69, 9.17) is 0 Å². The minimum atomic E-state index is 0. The number of hydrogen-bond acceptors (Lipinski definition) is 0. The van der Waals surface area contributed by atoms with Crippen LogP contribution in [-0.2, 0) is 32.6 Å². The predicted octanol–water partition coefficient (Wildman–Crippen LogP) is 0.0892. The molecule has 0 atom stereocenters. The average Bonchev–Trinajstić information content (AvgIpc) is 3.34. The topological polar surface area (TPSA) is 0 Å². The molecule has 149 valence electrons. The molecule has 0 nitrogen and oxygen atoms in total. The van der Waals surface area contributed by atoms with Crippen molar-refractivity contribution in [1.29, 1.82) is 0 Å². The zero-order valence-electron chi connectivity index (χ0n) is 17.7. The van der Waals surface area contributed by atoms with Gasteiger partial charge in [0.05, 0.1) is 0 Å². The molecule has 0 fully saturated rings. The first-order valence-corrected chi connectivity index (χ1v) is 10.7. The Morgan fingerprint density at radius 2 is 1.54 bits per heavy atom. The fraction of sp³-hybridized carbons (Fsp3) is 0.333. The van der Waals surface area contributed by atoms with Gasteiger partial charge in [-0.2, -0.15) is 41.5 Å². The van der Waals surface area contributed by atoms with Gasteiger partial charge >= 0.3 is 26.2 Å². The molecule has 0 saturated heterocycles. The summed E-state index contributed by atoms with van der Waals surface area (Å²) in [6.45, 7) is 10.4. The Bertz CT molecular complexity index is 666. The van der Waals surface area contributed by atoms with E-state index in [1.807, 2.05) is 36.7 Å². The van der Waals surface area contributed by atoms with Crippen LogP contribution in [0.25, 0.3) is 11.1 Å². The molecule has 2 aromatic rings. The normalized spacial score (nSPS) is 11.2. The summed E-state index contributed by atoms with van der Waals surface area (Å²) in [7, 11) is 1.86. The Balaban J connectivity index is -0.000000369. The Labute approximate surface area is 207 Å². The summed E-state index contributed by atoms with van der Waals surface area (Å²) in [5.74, 6) is 0.685. The van der Waals surface area contributed by atoms with Crippen molar-refractivity contribution in [3.05, 3.63) is 83.5 Å². The standard InChI is InChI=1S/C13H9.C8H11.C2H6.CH5Si.2ClH.Zr/c1-3-7-12-10(5-1)9-11-6-2-4-8-13(11)12;1-7(2)8-5-3-4-6-8;2*1-2;;;/h1-5,7-8H,9H2;5-7H,3H2,1-2H3;1-2H3;2H2,1H3;2*1H;/q2*-1;;;;;+4/p-2. The molecule has 0 aliphatic heterocycles. The third kappa shape index (κ3) is 9.40. The van der Waals surface area contributed by atoms with Gasteiger partial charge < -0.3 is 24.8 Å². The van der Waals surface area contributed by atoms with Crippen LogP contribution in [-0.4, -0.2) is 10.2 Å². The molecule has 0 saturated carbocycles. The van der Waals surface area contributed by atoms with Crippen LogP contribution in [0.15, 0.2) is 60.2 Å². The van der Waals surface area contributed by atoms with Crippen LogP contribution >= 0.6 is 0 Å². The molecule has 2 aromatic carbocycles. The second kappa shape index (κ2) is 18.6. The first-order chi connectivity index (χ1) is 12.3. The molecule has 2 aliphatic rings. The van der Waals surface area contributed by atoms with Gasteiger partial charge in [-0.05, 0) is 6.42 Å². The average molecular weight is 510 g/mol. The van der Waals surface area contributed by atoms with Gasteiger partial charge in [0.2, 0.25) is 0 Å². The molecule has 0 heterocycles. The Kier molecular flexibility index (Phi) is 21.5. The van der Waals surface area contributed by atoms with Gasteiger partial charge in [-0.15, -0.1) is 12.0 Å². The fourth-order valence-electron chi connectivity index (χ4n) is 2.81. The van der Waals surface area contributed by atoms with E-state index in [9.17, 15) is 0 Å². The SMILES string of the molecule is CC.CC(C)C1=CC[C-]=C1.C[SiH2].[Cl-].[Cl-].[Zr+4].[c-]1cccc2c1Cc1ccccc1-2. The molecular formula is C24H31Cl2SiZr. The minimum absolute atomic E-state index is 0. The van der Waals surface area contributed by atoms with Crippen molar-refractivity contribution in [3.63, 3.8) is 0 Å². The largest absolute Gasteiger partial charge is 4.00 e. The van der Waals surface area contributed by atoms with E-state index in [1.165, 1.54) is 27.8 Å². The van der Waals surface area contributed by atoms with Crippen molar-refractivity contribution in [2.75, 3.05) is 0 Å². The molecule has 4 heteroatoms. The van der Waals surface area contributed by atoms with E-state index in [0.29, 0.717) is 5.92 Å². The van der Waals surface area contributed by atoms with Crippen molar-refractivity contribution in [1.82, 2.24) is 0 Å². The van der Waals surface area contributed by atoms with E-state index in [0.717, 1.165) is 12.8 Å². The number of rotatable bonds is 1. The third-order valence-electron chi connectivity index (χ3n) is 4.01. The van der Waals surface area contributed by atoms with E-state index < -0.39 is 0 Å². The molecule has 0 spiro atoms. The van der Waals surface area contributed by atoms with Crippen LogP contribution in [0.5, 0.6) is 0 Å². The molecule has 0 N–H and O–H groups in total. The molecule has 0 aromatic heterocycles. The van der Waals surface area contributed by atoms with Gasteiger partial charge in [-0.3, -0.25) is 6.08 Å². The Morgan fingerprint density at radius 1 is 0.929 bits per heavy atom. The summed E-state index contributed by atoms with van der Waals surface area (Å²) in [5.41, 5.74) is 6.95. The molecule has 2 aliphatic carbocycles. The van der Waals surface area contributed by atoms with Crippen LogP contribution in [0.3, 0.4) is 0 Å². The van der Waals surface area contributed by atoms with Gasteiger partial charge in [-0.25, -0.2) is 6.08 Å². The van der Waals surface area contributed by atoms with Crippen molar-refractivity contribution in [2.45, 2.75) is 47.1 Å². The summed E-state index contributed by atoms with van der Waals surface area (Å²) in [4.78, 5) is 0. The smallest absolute Gasteiger partial charge is 1.00 e. The zero-order chi connectivity index (χ0) is 18.7. The summed E-state index contributed by atoms with van der Waals surface area (Å²) in [6, 6.07) is 18.1. The Hall–Kier alpha value is -0.400. The third-order valence-corrected chi connectivity index (χ3v) is 4.01. The molecule has 1 radical (unpaired) electrons. The van der Waals surface area contributed by atoms with Crippen molar-refractivity contribution < 1.29 is 51.0 Å². The van der Waals surface area contributed by atoms with Crippen LogP contribution < -0.4 is 24.8 Å². The number of benzene rings is 2. The molecule has 0 unspecified atom stereocenters. The van der Waals surface area contributed by atoms with Crippen LogP contribution in [0.4, 0.5) is 0 Å². The maximum absolute atomic E-state index is 3.30. The van der Waals surface area contributed by atoms with E-state index in [1.54, 1.807) is 0 Å². The summed E-state index contributed by atoms with van der Waals surface area (Å²) < 4.78 is 0. The van der Waals surface area contributed by atoms with Crippen LogP contribution in [0.1, 0.15) is 45.2 Å². The van der Waals surface area contributed by atoms with Crippen molar-refractivity contribution in [3.8, 4) is 11.1 Å². The van der Waals surface area contributed by atoms with Crippen molar-refractivity contribution >= 4 is 10.2 Å². The monoisotopic (exact) mass is 507 g/mol. The molecule has 4 rings (SSSR count). The zero-order valence-corrected chi connectivity index (χ0v) is 23.0. The minimum Gasteiger partial charge on any atom is -1.00 e. The molecule has 0 amide bonds. The predicted molar refractivity (Wildman–Crippen MR) is 115 cm³/mol. The van der Waals surface area contributed by atoms with Crippen molar-refractivity contribution in [2.24, 2.45) is 5.92 Å². The van der Waals surface area contributed by atoms with Gasteiger partial charge in [0.25, 0.3) is 0 Å². The molecule has 28 heavy (non-hydrogen) atoms. The number of halogens is 2. The van der Waals surface area contributed by atoms with Gasteiger partial charge in [-0.1, -0.05) is 75.6 Å². The summed E-state index contributed by atoms with van der Waals surface area (Å²) >= 11 is 0. The first kappa shape index (κ1) is 32.3. The second-order valence-corrected chi connectivity index (χ2v) is 5.81. The van der Waals surface area contributed by atoms with Crippen LogP contribution in [0.2, 0.25) is 6.55 Å². The van der Waals surface area contributed by atoms with Gasteiger partial charge in [0, 0.05) is 10.2 Å². The Morgan fingerprint density at radius 3 is 2.07 bits per heavy atom. The summed E-state index contributed by atoms with van der Waals surface area (Å²) in [6.07, 6.45) is 9.52.